The predicted octanol–water partition coefficient (Wildman–Crippen LogP) is 1.17. The summed E-state index contributed by atoms with van der Waals surface area (Å²) in [6.45, 7) is 7.78. The molecule has 14 heavy (non-hydrogen) atoms. The van der Waals surface area contributed by atoms with Crippen LogP contribution < -0.4 is 10.6 Å². The van der Waals surface area contributed by atoms with Crippen molar-refractivity contribution in [2.75, 3.05) is 11.4 Å². The smallest absolute Gasteiger partial charge is 0.151 e. The highest BCUT2D eigenvalue weighted by Crippen LogP contribution is 2.12. The topological polar surface area (TPSA) is 55.0 Å². The fourth-order valence-electron chi connectivity index (χ4n) is 1.41. The quantitative estimate of drug-likeness (QED) is 0.781. The van der Waals surface area contributed by atoms with Crippen molar-refractivity contribution in [1.29, 1.82) is 0 Å². The normalized spacial score (nSPS) is 10.6. The molecule has 0 aliphatic heterocycles. The standard InChI is InChI=1S/C10H18N4/c1-4-14(8(2)3)10-6-5-9(7-11)12-13-10/h5-6,8H,4,7,11H2,1-3H3. The molecule has 1 rings (SSSR count). The van der Waals surface area contributed by atoms with Crippen LogP contribution >= 0.6 is 0 Å². The Balaban J connectivity index is 2.84. The minimum Gasteiger partial charge on any atom is -0.353 e. The molecule has 0 unspecified atom stereocenters. The Hall–Kier alpha value is -1.16. The molecule has 0 saturated carbocycles. The molecule has 2 N–H and O–H groups in total. The van der Waals surface area contributed by atoms with Crippen LogP contribution in [0, 0.1) is 0 Å². The van der Waals surface area contributed by atoms with Crippen LogP contribution in [-0.2, 0) is 6.54 Å². The van der Waals surface area contributed by atoms with Gasteiger partial charge in [0.15, 0.2) is 5.82 Å². The van der Waals surface area contributed by atoms with Crippen molar-refractivity contribution in [2.24, 2.45) is 5.73 Å². The summed E-state index contributed by atoms with van der Waals surface area (Å²) >= 11 is 0. The molecule has 4 nitrogen and oxygen atoms in total. The molecule has 0 atom stereocenters. The maximum atomic E-state index is 5.45. The van der Waals surface area contributed by atoms with Crippen LogP contribution in [0.3, 0.4) is 0 Å². The lowest BCUT2D eigenvalue weighted by Gasteiger charge is -2.25. The van der Waals surface area contributed by atoms with E-state index in [9.17, 15) is 0 Å². The number of aromatic nitrogens is 2. The third kappa shape index (κ3) is 2.42. The maximum Gasteiger partial charge on any atom is 0.151 e. The molecule has 0 aliphatic carbocycles. The first-order chi connectivity index (χ1) is 6.69. The molecular formula is C10H18N4. The van der Waals surface area contributed by atoms with Crippen molar-refractivity contribution < 1.29 is 0 Å². The van der Waals surface area contributed by atoms with E-state index >= 15 is 0 Å². The van der Waals surface area contributed by atoms with Crippen LogP contribution in [0.2, 0.25) is 0 Å². The van der Waals surface area contributed by atoms with Crippen molar-refractivity contribution in [3.05, 3.63) is 17.8 Å². The van der Waals surface area contributed by atoms with E-state index in [1.165, 1.54) is 0 Å². The van der Waals surface area contributed by atoms with Gasteiger partial charge in [0.1, 0.15) is 0 Å². The summed E-state index contributed by atoms with van der Waals surface area (Å²) in [4.78, 5) is 2.19. The summed E-state index contributed by atoms with van der Waals surface area (Å²) in [6.07, 6.45) is 0. The number of nitrogens with two attached hydrogens (primary N) is 1. The van der Waals surface area contributed by atoms with Gasteiger partial charge in [-0.15, -0.1) is 5.10 Å². The van der Waals surface area contributed by atoms with Crippen LogP contribution in [0.25, 0.3) is 0 Å². The third-order valence-corrected chi connectivity index (χ3v) is 2.17. The molecule has 0 bridgehead atoms. The zero-order chi connectivity index (χ0) is 10.6. The summed E-state index contributed by atoms with van der Waals surface area (Å²) in [5, 5.41) is 8.17. The molecule has 0 radical (unpaired) electrons. The number of nitrogens with zero attached hydrogens (tertiary/aromatic N) is 3. The van der Waals surface area contributed by atoms with Crippen molar-refractivity contribution >= 4 is 5.82 Å². The zero-order valence-electron chi connectivity index (χ0n) is 9.07. The van der Waals surface area contributed by atoms with E-state index in [0.29, 0.717) is 12.6 Å². The van der Waals surface area contributed by atoms with Crippen molar-refractivity contribution in [3.8, 4) is 0 Å². The Bertz CT molecular complexity index is 268. The summed E-state index contributed by atoms with van der Waals surface area (Å²) in [5.74, 6) is 0.916. The minimum atomic E-state index is 0.443. The lowest BCUT2D eigenvalue weighted by molar-refractivity contribution is 0.683. The average molecular weight is 194 g/mol. The molecule has 0 amide bonds. The summed E-state index contributed by atoms with van der Waals surface area (Å²) in [5.41, 5.74) is 6.28. The maximum absolute atomic E-state index is 5.45. The summed E-state index contributed by atoms with van der Waals surface area (Å²) in [6, 6.07) is 4.34. The molecule has 0 fully saturated rings. The number of hydrogen-bond acceptors (Lipinski definition) is 4. The number of hydrogen-bond donors (Lipinski definition) is 1. The van der Waals surface area contributed by atoms with Crippen molar-refractivity contribution in [3.63, 3.8) is 0 Å². The first-order valence-corrected chi connectivity index (χ1v) is 4.98. The van der Waals surface area contributed by atoms with Crippen LogP contribution in [0.5, 0.6) is 0 Å². The van der Waals surface area contributed by atoms with Gasteiger partial charge in [0, 0.05) is 19.1 Å². The molecule has 0 aromatic carbocycles. The van der Waals surface area contributed by atoms with Crippen LogP contribution in [0.4, 0.5) is 5.82 Å². The van der Waals surface area contributed by atoms with E-state index in [2.05, 4.69) is 35.9 Å². The molecule has 1 heterocycles. The van der Waals surface area contributed by atoms with E-state index in [4.69, 9.17) is 5.73 Å². The molecule has 0 aliphatic rings. The highest BCUT2D eigenvalue weighted by molar-refractivity contribution is 5.37. The third-order valence-electron chi connectivity index (χ3n) is 2.17. The van der Waals surface area contributed by atoms with E-state index in [-0.39, 0.29) is 0 Å². The van der Waals surface area contributed by atoms with Gasteiger partial charge in [0.2, 0.25) is 0 Å². The molecule has 0 spiro atoms. The average Bonchev–Trinajstić information content (AvgIpc) is 2.19. The van der Waals surface area contributed by atoms with E-state index in [0.717, 1.165) is 18.1 Å². The molecule has 0 saturated heterocycles. The molecule has 1 aromatic heterocycles. The second-order valence-electron chi connectivity index (χ2n) is 3.47. The molecule has 78 valence electrons. The summed E-state index contributed by atoms with van der Waals surface area (Å²) < 4.78 is 0. The van der Waals surface area contributed by atoms with E-state index in [1.54, 1.807) is 0 Å². The first-order valence-electron chi connectivity index (χ1n) is 4.98. The van der Waals surface area contributed by atoms with Crippen LogP contribution in [-0.4, -0.2) is 22.8 Å². The Morgan fingerprint density at radius 2 is 2.07 bits per heavy atom. The van der Waals surface area contributed by atoms with Gasteiger partial charge in [0.25, 0.3) is 0 Å². The molecule has 1 aromatic rings. The SMILES string of the molecule is CCN(c1ccc(CN)nn1)C(C)C. The van der Waals surface area contributed by atoms with E-state index < -0.39 is 0 Å². The fourth-order valence-corrected chi connectivity index (χ4v) is 1.41. The second kappa shape index (κ2) is 4.91. The van der Waals surface area contributed by atoms with Gasteiger partial charge in [-0.05, 0) is 32.9 Å². The largest absolute Gasteiger partial charge is 0.353 e. The van der Waals surface area contributed by atoms with Gasteiger partial charge >= 0.3 is 0 Å². The van der Waals surface area contributed by atoms with Crippen molar-refractivity contribution in [2.45, 2.75) is 33.4 Å². The Labute approximate surface area is 85.1 Å². The number of anilines is 1. The Morgan fingerprint density at radius 1 is 1.36 bits per heavy atom. The van der Waals surface area contributed by atoms with Gasteiger partial charge in [-0.2, -0.15) is 5.10 Å². The highest BCUT2D eigenvalue weighted by atomic mass is 15.3. The zero-order valence-corrected chi connectivity index (χ0v) is 9.07. The Morgan fingerprint density at radius 3 is 2.43 bits per heavy atom. The van der Waals surface area contributed by atoms with Crippen molar-refractivity contribution in [1.82, 2.24) is 10.2 Å². The highest BCUT2D eigenvalue weighted by Gasteiger charge is 2.09. The van der Waals surface area contributed by atoms with Crippen LogP contribution in [0.15, 0.2) is 12.1 Å². The second-order valence-corrected chi connectivity index (χ2v) is 3.47. The fraction of sp³-hybridized carbons (Fsp3) is 0.600. The van der Waals surface area contributed by atoms with Gasteiger partial charge in [-0.1, -0.05) is 0 Å². The lowest BCUT2D eigenvalue weighted by atomic mass is 10.3. The van der Waals surface area contributed by atoms with Gasteiger partial charge < -0.3 is 10.6 Å². The summed E-state index contributed by atoms with van der Waals surface area (Å²) in [7, 11) is 0. The lowest BCUT2D eigenvalue weighted by Crippen LogP contribution is -2.31. The Kier molecular flexibility index (Phi) is 3.83. The predicted molar refractivity (Wildman–Crippen MR) is 58.1 cm³/mol. The van der Waals surface area contributed by atoms with Crippen LogP contribution in [0.1, 0.15) is 26.5 Å². The number of rotatable bonds is 4. The molecule has 4 heteroatoms. The monoisotopic (exact) mass is 194 g/mol. The first kappa shape index (κ1) is 10.9. The van der Waals surface area contributed by atoms with Gasteiger partial charge in [-0.25, -0.2) is 0 Å². The van der Waals surface area contributed by atoms with Gasteiger partial charge in [0.05, 0.1) is 5.69 Å². The minimum absolute atomic E-state index is 0.443. The molecular weight excluding hydrogens is 176 g/mol. The van der Waals surface area contributed by atoms with Gasteiger partial charge in [-0.3, -0.25) is 0 Å². The van der Waals surface area contributed by atoms with E-state index in [1.807, 2.05) is 12.1 Å².